The van der Waals surface area contributed by atoms with E-state index >= 15 is 0 Å². The van der Waals surface area contributed by atoms with Crippen molar-refractivity contribution in [1.82, 2.24) is 5.32 Å². The number of carbonyl (C=O) groups excluding carboxylic acids is 2. The van der Waals surface area contributed by atoms with Gasteiger partial charge >= 0.3 is 5.97 Å². The smallest absolute Gasteiger partial charge is 0.306 e. The predicted octanol–water partition coefficient (Wildman–Crippen LogP) is 15.7. The Morgan fingerprint density at radius 2 is 0.873 bits per heavy atom. The lowest BCUT2D eigenvalue weighted by atomic mass is 9.99. The van der Waals surface area contributed by atoms with Crippen molar-refractivity contribution in [3.63, 3.8) is 0 Å². The average molecular weight is 1110 g/mol. The molecule has 0 aromatic rings. The lowest BCUT2D eigenvalue weighted by Crippen LogP contribution is -2.61. The third kappa shape index (κ3) is 43.2. The molecule has 1 fully saturated rings. The molecule has 1 heterocycles. The number of amides is 1. The van der Waals surface area contributed by atoms with Gasteiger partial charge in [0.05, 0.1) is 25.4 Å². The Labute approximate surface area is 483 Å². The number of nitrogens with one attached hydrogen (secondary N) is 1. The van der Waals surface area contributed by atoms with Gasteiger partial charge in [-0.15, -0.1) is 0 Å². The Morgan fingerprint density at radius 3 is 1.33 bits per heavy atom. The number of unbranched alkanes of at least 4 members (excludes halogenated alkanes) is 28. The van der Waals surface area contributed by atoms with Gasteiger partial charge in [0.15, 0.2) is 12.4 Å². The van der Waals surface area contributed by atoms with E-state index in [4.69, 9.17) is 14.2 Å². The minimum absolute atomic E-state index is 0.113. The average Bonchev–Trinajstić information content (AvgIpc) is 3.45. The van der Waals surface area contributed by atoms with Crippen LogP contribution in [0.3, 0.4) is 0 Å². The van der Waals surface area contributed by atoms with Gasteiger partial charge in [-0.25, -0.2) is 0 Å². The number of ether oxygens (including phenoxy) is 3. The molecular weight excluding hydrogens is 991 g/mol. The largest absolute Gasteiger partial charge is 0.454 e. The molecule has 11 nitrogen and oxygen atoms in total. The summed E-state index contributed by atoms with van der Waals surface area (Å²) in [6.45, 7) is 5.70. The highest BCUT2D eigenvalue weighted by atomic mass is 16.7. The summed E-state index contributed by atoms with van der Waals surface area (Å²) < 4.78 is 17.6. The van der Waals surface area contributed by atoms with Crippen molar-refractivity contribution in [2.75, 3.05) is 13.2 Å². The fraction of sp³-hybridized carbons (Fsp3) is 0.765. The molecule has 1 amide bonds. The normalized spacial score (nSPS) is 19.4. The Morgan fingerprint density at radius 1 is 0.494 bits per heavy atom. The SMILES string of the molecule is CCCCC/C=C\C/C=C\C/C=C\C/C=C\CCC(O)C(=O)NC(COC1OC(CO)C(O)C(O)C1OC(=O)CCCCCCCCCCCCCCC/C=C\C/C=C\CCCCC)C(O)/C=C/CCCCCCCCCCC. The number of hydrogen-bond donors (Lipinski definition) is 6. The number of hydrogen-bond acceptors (Lipinski definition) is 10. The van der Waals surface area contributed by atoms with Gasteiger partial charge in [0, 0.05) is 6.42 Å². The van der Waals surface area contributed by atoms with Crippen LogP contribution in [-0.2, 0) is 23.8 Å². The van der Waals surface area contributed by atoms with E-state index in [0.29, 0.717) is 12.8 Å². The van der Waals surface area contributed by atoms with Gasteiger partial charge in [0.25, 0.3) is 0 Å². The molecule has 1 rings (SSSR count). The molecule has 456 valence electrons. The number of aliphatic hydroxyl groups is 5. The maximum atomic E-state index is 13.4. The van der Waals surface area contributed by atoms with Crippen LogP contribution < -0.4 is 5.32 Å². The maximum absolute atomic E-state index is 13.4. The topological polar surface area (TPSA) is 175 Å². The first-order chi connectivity index (χ1) is 38.7. The van der Waals surface area contributed by atoms with Crippen LogP contribution in [0.1, 0.15) is 271 Å². The molecule has 6 N–H and O–H groups in total. The van der Waals surface area contributed by atoms with Crippen molar-refractivity contribution in [3.05, 3.63) is 85.1 Å². The van der Waals surface area contributed by atoms with Gasteiger partial charge in [-0.05, 0) is 96.3 Å². The van der Waals surface area contributed by atoms with Crippen LogP contribution in [0.4, 0.5) is 0 Å². The quantitative estimate of drug-likeness (QED) is 0.0195. The monoisotopic (exact) mass is 1110 g/mol. The van der Waals surface area contributed by atoms with E-state index < -0.39 is 67.4 Å². The van der Waals surface area contributed by atoms with Gasteiger partial charge in [0.2, 0.25) is 5.91 Å². The molecule has 0 aromatic heterocycles. The van der Waals surface area contributed by atoms with Crippen LogP contribution >= 0.6 is 0 Å². The zero-order valence-corrected chi connectivity index (χ0v) is 50.5. The molecular formula is C68H119NO10. The Bertz CT molecular complexity index is 1610. The number of carbonyl (C=O) groups is 2. The van der Waals surface area contributed by atoms with Gasteiger partial charge in [0.1, 0.15) is 24.4 Å². The molecule has 8 atom stereocenters. The molecule has 0 bridgehead atoms. The summed E-state index contributed by atoms with van der Waals surface area (Å²) in [4.78, 5) is 26.5. The van der Waals surface area contributed by atoms with Crippen molar-refractivity contribution in [2.24, 2.45) is 0 Å². The summed E-state index contributed by atoms with van der Waals surface area (Å²) in [6, 6.07) is -1.06. The molecule has 0 saturated carbocycles. The third-order valence-corrected chi connectivity index (χ3v) is 14.8. The Balaban J connectivity index is 2.64. The molecule has 1 aliphatic rings. The Kier molecular flexibility index (Phi) is 51.8. The summed E-state index contributed by atoms with van der Waals surface area (Å²) in [5, 5.41) is 56.9. The number of esters is 1. The lowest BCUT2D eigenvalue weighted by molar-refractivity contribution is -0.305. The summed E-state index contributed by atoms with van der Waals surface area (Å²) in [7, 11) is 0. The zero-order chi connectivity index (χ0) is 57.5. The molecule has 11 heteroatoms. The molecule has 1 aliphatic heterocycles. The van der Waals surface area contributed by atoms with Gasteiger partial charge in [-0.3, -0.25) is 9.59 Å². The number of allylic oxidation sites excluding steroid dienone is 13. The first-order valence-corrected chi connectivity index (χ1v) is 32.4. The van der Waals surface area contributed by atoms with Crippen molar-refractivity contribution in [2.45, 2.75) is 320 Å². The second-order valence-electron chi connectivity index (χ2n) is 22.1. The van der Waals surface area contributed by atoms with Crippen LogP contribution in [0.25, 0.3) is 0 Å². The third-order valence-electron chi connectivity index (χ3n) is 14.8. The van der Waals surface area contributed by atoms with Crippen LogP contribution in [0, 0.1) is 0 Å². The standard InChI is InChI=1S/C68H119NO10/c1-4-7-10-13-16-19-22-24-26-28-29-30-31-32-33-34-36-38-41-44-47-50-53-56-63(73)79-66-65(75)64(74)62(57-70)78-68(66)77-58-59(60(71)54-51-48-45-42-39-21-18-15-12-9-6-3)69-67(76)61(72)55-52-49-46-43-40-37-35-27-25-23-20-17-14-11-8-5-2/h16-17,19-20,24-27,37,40,46,49,51,54,59-62,64-66,68,70-72,74-75H,4-15,18,21-23,28-36,38-39,41-45,47-48,50,52-53,55-58H2,1-3H3,(H,69,76)/b19-16-,20-17-,26-24-,27-25-,40-37-,49-46-,54-51+. The van der Waals surface area contributed by atoms with Crippen LogP contribution in [0.15, 0.2) is 85.1 Å². The van der Waals surface area contributed by atoms with Crippen LogP contribution in [0.5, 0.6) is 0 Å². The lowest BCUT2D eigenvalue weighted by Gasteiger charge is -2.41. The summed E-state index contributed by atoms with van der Waals surface area (Å²) in [5.74, 6) is -1.26. The van der Waals surface area contributed by atoms with Gasteiger partial charge < -0.3 is 45.1 Å². The van der Waals surface area contributed by atoms with Crippen molar-refractivity contribution < 1.29 is 49.3 Å². The fourth-order valence-corrected chi connectivity index (χ4v) is 9.61. The van der Waals surface area contributed by atoms with Crippen molar-refractivity contribution >= 4 is 11.9 Å². The minimum Gasteiger partial charge on any atom is -0.454 e. The highest BCUT2D eigenvalue weighted by Crippen LogP contribution is 2.26. The first kappa shape index (κ1) is 73.9. The van der Waals surface area contributed by atoms with Gasteiger partial charge in [-0.2, -0.15) is 0 Å². The molecule has 0 radical (unpaired) electrons. The van der Waals surface area contributed by atoms with Gasteiger partial charge in [-0.1, -0.05) is 254 Å². The van der Waals surface area contributed by atoms with E-state index in [1.807, 2.05) is 18.2 Å². The van der Waals surface area contributed by atoms with E-state index in [1.165, 1.54) is 148 Å². The summed E-state index contributed by atoms with van der Waals surface area (Å²) in [6.07, 6.45) is 62.1. The minimum atomic E-state index is -1.63. The highest BCUT2D eigenvalue weighted by molar-refractivity contribution is 5.80. The van der Waals surface area contributed by atoms with Crippen molar-refractivity contribution in [3.8, 4) is 0 Å². The Hall–Kier alpha value is -3.16. The molecule has 0 aromatic carbocycles. The van der Waals surface area contributed by atoms with Crippen LogP contribution in [-0.4, -0.2) is 99.6 Å². The number of aliphatic hydroxyl groups excluding tert-OH is 5. The van der Waals surface area contributed by atoms with Crippen molar-refractivity contribution in [1.29, 1.82) is 0 Å². The second kappa shape index (κ2) is 55.4. The summed E-state index contributed by atoms with van der Waals surface area (Å²) >= 11 is 0. The zero-order valence-electron chi connectivity index (χ0n) is 50.5. The second-order valence-corrected chi connectivity index (χ2v) is 22.1. The fourth-order valence-electron chi connectivity index (χ4n) is 9.61. The molecule has 79 heavy (non-hydrogen) atoms. The van der Waals surface area contributed by atoms with Crippen LogP contribution in [0.2, 0.25) is 0 Å². The molecule has 8 unspecified atom stereocenters. The first-order valence-electron chi connectivity index (χ1n) is 32.4. The van der Waals surface area contributed by atoms with E-state index in [-0.39, 0.29) is 19.4 Å². The molecule has 1 saturated heterocycles. The maximum Gasteiger partial charge on any atom is 0.306 e. The predicted molar refractivity (Wildman–Crippen MR) is 329 cm³/mol. The number of rotatable bonds is 54. The molecule has 0 aliphatic carbocycles. The highest BCUT2D eigenvalue weighted by Gasteiger charge is 2.47. The van der Waals surface area contributed by atoms with E-state index in [1.54, 1.807) is 6.08 Å². The van der Waals surface area contributed by atoms with E-state index in [9.17, 15) is 35.1 Å². The molecule has 0 spiro atoms. The summed E-state index contributed by atoms with van der Waals surface area (Å²) in [5.41, 5.74) is 0. The van der Waals surface area contributed by atoms with E-state index in [0.717, 1.165) is 77.0 Å². The van der Waals surface area contributed by atoms with E-state index in [2.05, 4.69) is 86.8 Å².